The number of benzene rings is 7. The van der Waals surface area contributed by atoms with Crippen LogP contribution in [0.15, 0.2) is 173 Å². The molecule has 0 atom stereocenters. The first-order valence-electron chi connectivity index (χ1n) is 16.6. The second-order valence-electron chi connectivity index (χ2n) is 12.4. The summed E-state index contributed by atoms with van der Waals surface area (Å²) >= 11 is 0. The summed E-state index contributed by atoms with van der Waals surface area (Å²) in [4.78, 5) is 15.3. The minimum atomic E-state index is 0.586. The van der Waals surface area contributed by atoms with Crippen LogP contribution in [0.2, 0.25) is 0 Å². The molecule has 0 fully saturated rings. The zero-order valence-electron chi connectivity index (χ0n) is 26.7. The predicted octanol–water partition coefficient (Wildman–Crippen LogP) is 12.0. The zero-order chi connectivity index (χ0) is 33.0. The standard InChI is InChI=1S/C45H27N3O2/c1-2-10-28(11-3-1)29-20-22-30(23-21-29)43-46-44(48-45(47-43)37-16-9-19-40-42(37)36-15-5-7-18-39(36)49-40)33-13-8-12-31(26-33)32-24-25-35-34-14-4-6-17-38(34)50-41(35)27-32/h1-27H. The summed E-state index contributed by atoms with van der Waals surface area (Å²) in [5.74, 6) is 1.78. The van der Waals surface area contributed by atoms with Crippen LogP contribution in [0.5, 0.6) is 0 Å². The molecule has 10 aromatic rings. The maximum Gasteiger partial charge on any atom is 0.164 e. The molecule has 10 rings (SSSR count). The third-order valence-corrected chi connectivity index (χ3v) is 9.36. The number of nitrogens with zero attached hydrogens (tertiary/aromatic N) is 3. The lowest BCUT2D eigenvalue weighted by Gasteiger charge is -2.11. The minimum absolute atomic E-state index is 0.586. The number of hydrogen-bond acceptors (Lipinski definition) is 5. The Morgan fingerprint density at radius 3 is 1.66 bits per heavy atom. The summed E-state index contributed by atoms with van der Waals surface area (Å²) in [5, 5.41) is 4.23. The molecule has 5 nitrogen and oxygen atoms in total. The molecule has 0 unspecified atom stereocenters. The fraction of sp³-hybridized carbons (Fsp3) is 0. The molecule has 0 aliphatic rings. The van der Waals surface area contributed by atoms with Gasteiger partial charge in [-0.3, -0.25) is 0 Å². The van der Waals surface area contributed by atoms with Crippen molar-refractivity contribution in [2.45, 2.75) is 0 Å². The van der Waals surface area contributed by atoms with Gasteiger partial charge in [-0.05, 0) is 58.7 Å². The third kappa shape index (κ3) is 4.75. The van der Waals surface area contributed by atoms with Crippen molar-refractivity contribution in [1.29, 1.82) is 0 Å². The molecule has 7 aromatic carbocycles. The molecule has 0 amide bonds. The molecule has 3 heterocycles. The number of hydrogen-bond donors (Lipinski definition) is 0. The minimum Gasteiger partial charge on any atom is -0.456 e. The fourth-order valence-electron chi connectivity index (χ4n) is 6.90. The van der Waals surface area contributed by atoms with Crippen molar-refractivity contribution in [3.05, 3.63) is 164 Å². The van der Waals surface area contributed by atoms with Crippen molar-refractivity contribution in [3.63, 3.8) is 0 Å². The molecule has 0 saturated carbocycles. The molecule has 0 spiro atoms. The van der Waals surface area contributed by atoms with E-state index in [1.807, 2.05) is 54.6 Å². The second-order valence-corrected chi connectivity index (χ2v) is 12.4. The highest BCUT2D eigenvalue weighted by Crippen LogP contribution is 2.37. The van der Waals surface area contributed by atoms with E-state index in [9.17, 15) is 0 Å². The summed E-state index contributed by atoms with van der Waals surface area (Å²) in [7, 11) is 0. The average Bonchev–Trinajstić information content (AvgIpc) is 3.76. The first-order valence-corrected chi connectivity index (χ1v) is 16.6. The molecule has 0 radical (unpaired) electrons. The maximum atomic E-state index is 6.24. The fourth-order valence-corrected chi connectivity index (χ4v) is 6.90. The first-order chi connectivity index (χ1) is 24.7. The lowest BCUT2D eigenvalue weighted by atomic mass is 10.0. The van der Waals surface area contributed by atoms with Gasteiger partial charge in [0.1, 0.15) is 22.3 Å². The number of aromatic nitrogens is 3. The van der Waals surface area contributed by atoms with Crippen molar-refractivity contribution in [3.8, 4) is 56.4 Å². The Kier molecular flexibility index (Phi) is 6.42. The highest BCUT2D eigenvalue weighted by molar-refractivity contribution is 6.12. The zero-order valence-corrected chi connectivity index (χ0v) is 26.7. The van der Waals surface area contributed by atoms with E-state index in [1.54, 1.807) is 0 Å². The predicted molar refractivity (Wildman–Crippen MR) is 202 cm³/mol. The van der Waals surface area contributed by atoms with Gasteiger partial charge in [0.25, 0.3) is 0 Å². The molecule has 0 bridgehead atoms. The Morgan fingerprint density at radius 1 is 0.300 bits per heavy atom. The largest absolute Gasteiger partial charge is 0.456 e. The summed E-state index contributed by atoms with van der Waals surface area (Å²) in [6, 6.07) is 55.8. The normalized spacial score (nSPS) is 11.6. The van der Waals surface area contributed by atoms with Gasteiger partial charge in [-0.15, -0.1) is 0 Å². The van der Waals surface area contributed by atoms with Crippen LogP contribution >= 0.6 is 0 Å². The number of furan rings is 2. The Bertz CT molecular complexity index is 2870. The number of para-hydroxylation sites is 2. The summed E-state index contributed by atoms with van der Waals surface area (Å²) in [5.41, 5.74) is 10.5. The lowest BCUT2D eigenvalue weighted by molar-refractivity contribution is 0.668. The monoisotopic (exact) mass is 641 g/mol. The topological polar surface area (TPSA) is 65.0 Å². The van der Waals surface area contributed by atoms with E-state index < -0.39 is 0 Å². The number of fused-ring (bicyclic) bond motifs is 6. The Morgan fingerprint density at radius 2 is 0.820 bits per heavy atom. The van der Waals surface area contributed by atoms with E-state index in [2.05, 4.69) is 109 Å². The van der Waals surface area contributed by atoms with Gasteiger partial charge < -0.3 is 8.83 Å². The van der Waals surface area contributed by atoms with E-state index in [4.69, 9.17) is 23.8 Å². The van der Waals surface area contributed by atoms with Crippen molar-refractivity contribution in [1.82, 2.24) is 15.0 Å². The van der Waals surface area contributed by atoms with Gasteiger partial charge in [-0.2, -0.15) is 0 Å². The Balaban J connectivity index is 1.13. The maximum absolute atomic E-state index is 6.24. The highest BCUT2D eigenvalue weighted by Gasteiger charge is 2.18. The molecule has 5 heteroatoms. The molecule has 0 N–H and O–H groups in total. The summed E-state index contributed by atoms with van der Waals surface area (Å²) in [6.07, 6.45) is 0. The molecule has 0 aliphatic heterocycles. The van der Waals surface area contributed by atoms with Gasteiger partial charge in [0.2, 0.25) is 0 Å². The Hall–Kier alpha value is -6.85. The van der Waals surface area contributed by atoms with Crippen molar-refractivity contribution in [2.75, 3.05) is 0 Å². The molecular weight excluding hydrogens is 615 g/mol. The smallest absolute Gasteiger partial charge is 0.164 e. The Labute approximate surface area is 287 Å². The second kappa shape index (κ2) is 11.4. The van der Waals surface area contributed by atoms with Crippen LogP contribution < -0.4 is 0 Å². The molecule has 50 heavy (non-hydrogen) atoms. The van der Waals surface area contributed by atoms with Crippen molar-refractivity contribution >= 4 is 43.9 Å². The van der Waals surface area contributed by atoms with Crippen molar-refractivity contribution in [2.24, 2.45) is 0 Å². The van der Waals surface area contributed by atoms with Crippen LogP contribution in [0, 0.1) is 0 Å². The van der Waals surface area contributed by atoms with Gasteiger partial charge in [0, 0.05) is 38.2 Å². The molecule has 3 aromatic heterocycles. The van der Waals surface area contributed by atoms with E-state index in [0.717, 1.165) is 82.8 Å². The van der Waals surface area contributed by atoms with Gasteiger partial charge >= 0.3 is 0 Å². The van der Waals surface area contributed by atoms with Gasteiger partial charge in [0.05, 0.1) is 0 Å². The quantitative estimate of drug-likeness (QED) is 0.187. The lowest BCUT2D eigenvalue weighted by Crippen LogP contribution is -2.00. The number of rotatable bonds is 5. The van der Waals surface area contributed by atoms with Crippen LogP contribution in [0.3, 0.4) is 0 Å². The molecule has 0 saturated heterocycles. The highest BCUT2D eigenvalue weighted by atomic mass is 16.3. The van der Waals surface area contributed by atoms with E-state index in [0.29, 0.717) is 17.5 Å². The van der Waals surface area contributed by atoms with E-state index in [-0.39, 0.29) is 0 Å². The SMILES string of the molecule is c1ccc(-c2ccc(-c3nc(-c4cccc(-c5ccc6c(c5)oc5ccccc56)c4)nc(-c4cccc5oc6ccccc6c45)n3)cc2)cc1. The van der Waals surface area contributed by atoms with Crippen LogP contribution in [0.25, 0.3) is 100 Å². The van der Waals surface area contributed by atoms with Gasteiger partial charge in [-0.1, -0.05) is 127 Å². The van der Waals surface area contributed by atoms with Crippen LogP contribution in [0.4, 0.5) is 0 Å². The van der Waals surface area contributed by atoms with E-state index >= 15 is 0 Å². The van der Waals surface area contributed by atoms with Gasteiger partial charge in [0.15, 0.2) is 17.5 Å². The molecule has 234 valence electrons. The van der Waals surface area contributed by atoms with Crippen LogP contribution in [-0.2, 0) is 0 Å². The first kappa shape index (κ1) is 28.2. The van der Waals surface area contributed by atoms with Crippen molar-refractivity contribution < 1.29 is 8.83 Å². The van der Waals surface area contributed by atoms with Crippen LogP contribution in [-0.4, -0.2) is 15.0 Å². The summed E-state index contributed by atoms with van der Waals surface area (Å²) in [6.45, 7) is 0. The van der Waals surface area contributed by atoms with Gasteiger partial charge in [-0.25, -0.2) is 15.0 Å². The average molecular weight is 642 g/mol. The molecule has 0 aliphatic carbocycles. The molecular formula is C45H27N3O2. The third-order valence-electron chi connectivity index (χ3n) is 9.36. The van der Waals surface area contributed by atoms with Crippen LogP contribution in [0.1, 0.15) is 0 Å². The van der Waals surface area contributed by atoms with E-state index in [1.165, 1.54) is 0 Å². The summed E-state index contributed by atoms with van der Waals surface area (Å²) < 4.78 is 12.4.